The summed E-state index contributed by atoms with van der Waals surface area (Å²) in [7, 11) is 0. The highest BCUT2D eigenvalue weighted by Crippen LogP contribution is 2.29. The summed E-state index contributed by atoms with van der Waals surface area (Å²) in [6.45, 7) is 3.83. The SMILES string of the molecule is N#C/C(=C/N(Cc1ccccc1)Cc1ccccc1)C(=O)N1CCN(C(c2ccccc2)c2ccccc2)CC1. The molecule has 1 fully saturated rings. The molecule has 200 valence electrons. The molecular formula is C35H34N4O. The second-order valence-electron chi connectivity index (χ2n) is 10.1. The predicted molar refractivity (Wildman–Crippen MR) is 159 cm³/mol. The van der Waals surface area contributed by atoms with Gasteiger partial charge in [0, 0.05) is 45.5 Å². The first-order valence-corrected chi connectivity index (χ1v) is 13.8. The molecule has 0 aromatic heterocycles. The van der Waals surface area contributed by atoms with Gasteiger partial charge < -0.3 is 9.80 Å². The number of piperazine rings is 1. The van der Waals surface area contributed by atoms with Crippen LogP contribution in [0.2, 0.25) is 0 Å². The third-order valence-corrected chi connectivity index (χ3v) is 7.32. The molecule has 40 heavy (non-hydrogen) atoms. The second kappa shape index (κ2) is 13.4. The van der Waals surface area contributed by atoms with Crippen LogP contribution in [-0.2, 0) is 17.9 Å². The Morgan fingerprint density at radius 2 is 1.12 bits per heavy atom. The monoisotopic (exact) mass is 526 g/mol. The molecule has 0 aliphatic carbocycles. The first kappa shape index (κ1) is 26.9. The minimum Gasteiger partial charge on any atom is -0.367 e. The van der Waals surface area contributed by atoms with E-state index in [1.165, 1.54) is 11.1 Å². The number of amides is 1. The van der Waals surface area contributed by atoms with Gasteiger partial charge in [-0.3, -0.25) is 9.69 Å². The van der Waals surface area contributed by atoms with Crippen molar-refractivity contribution in [2.75, 3.05) is 26.2 Å². The van der Waals surface area contributed by atoms with Crippen molar-refractivity contribution in [1.82, 2.24) is 14.7 Å². The zero-order chi connectivity index (χ0) is 27.6. The highest BCUT2D eigenvalue weighted by atomic mass is 16.2. The van der Waals surface area contributed by atoms with E-state index in [1.54, 1.807) is 6.20 Å². The van der Waals surface area contributed by atoms with Crippen LogP contribution < -0.4 is 0 Å². The number of hydrogen-bond acceptors (Lipinski definition) is 4. The van der Waals surface area contributed by atoms with Crippen LogP contribution in [0.25, 0.3) is 0 Å². The first-order chi connectivity index (χ1) is 19.7. The largest absolute Gasteiger partial charge is 0.367 e. The fourth-order valence-electron chi connectivity index (χ4n) is 5.34. The average molecular weight is 527 g/mol. The van der Waals surface area contributed by atoms with Crippen molar-refractivity contribution in [2.24, 2.45) is 0 Å². The van der Waals surface area contributed by atoms with Crippen molar-refractivity contribution in [2.45, 2.75) is 19.1 Å². The van der Waals surface area contributed by atoms with Crippen LogP contribution in [0.5, 0.6) is 0 Å². The van der Waals surface area contributed by atoms with Gasteiger partial charge in [0.15, 0.2) is 0 Å². The van der Waals surface area contributed by atoms with E-state index in [-0.39, 0.29) is 17.5 Å². The Labute approximate surface area is 237 Å². The fraction of sp³-hybridized carbons (Fsp3) is 0.200. The molecule has 0 atom stereocenters. The van der Waals surface area contributed by atoms with E-state index in [0.29, 0.717) is 26.2 Å². The molecule has 5 heteroatoms. The van der Waals surface area contributed by atoms with E-state index < -0.39 is 0 Å². The summed E-state index contributed by atoms with van der Waals surface area (Å²) >= 11 is 0. The molecule has 0 spiro atoms. The lowest BCUT2D eigenvalue weighted by Gasteiger charge is -2.39. The van der Waals surface area contributed by atoms with Gasteiger partial charge in [0.1, 0.15) is 11.6 Å². The predicted octanol–water partition coefficient (Wildman–Crippen LogP) is 6.03. The molecule has 1 aliphatic rings. The Morgan fingerprint density at radius 1 is 0.700 bits per heavy atom. The second-order valence-corrected chi connectivity index (χ2v) is 10.1. The van der Waals surface area contributed by atoms with Crippen LogP contribution in [0.3, 0.4) is 0 Å². The van der Waals surface area contributed by atoms with Gasteiger partial charge in [-0.25, -0.2) is 0 Å². The van der Waals surface area contributed by atoms with E-state index in [2.05, 4.69) is 88.7 Å². The van der Waals surface area contributed by atoms with Gasteiger partial charge in [0.25, 0.3) is 5.91 Å². The van der Waals surface area contributed by atoms with Crippen molar-refractivity contribution >= 4 is 5.91 Å². The lowest BCUT2D eigenvalue weighted by molar-refractivity contribution is -0.128. The Hall–Kier alpha value is -4.66. The van der Waals surface area contributed by atoms with E-state index >= 15 is 0 Å². The number of nitrogens with zero attached hydrogens (tertiary/aromatic N) is 4. The third kappa shape index (κ3) is 6.85. The lowest BCUT2D eigenvalue weighted by Crippen LogP contribution is -2.50. The van der Waals surface area contributed by atoms with Crippen molar-refractivity contribution < 1.29 is 4.79 Å². The number of carbonyl (C=O) groups is 1. The summed E-state index contributed by atoms with van der Waals surface area (Å²) < 4.78 is 0. The van der Waals surface area contributed by atoms with Crippen LogP contribution >= 0.6 is 0 Å². The van der Waals surface area contributed by atoms with Crippen LogP contribution in [0.1, 0.15) is 28.3 Å². The topological polar surface area (TPSA) is 50.6 Å². The van der Waals surface area contributed by atoms with Gasteiger partial charge in [0.2, 0.25) is 0 Å². The van der Waals surface area contributed by atoms with Crippen molar-refractivity contribution in [1.29, 1.82) is 5.26 Å². The van der Waals surface area contributed by atoms with Gasteiger partial charge in [-0.2, -0.15) is 5.26 Å². The summed E-state index contributed by atoms with van der Waals surface area (Å²) in [5.41, 5.74) is 4.90. The smallest absolute Gasteiger partial charge is 0.266 e. The molecule has 0 N–H and O–H groups in total. The molecular weight excluding hydrogens is 492 g/mol. The summed E-state index contributed by atoms with van der Waals surface area (Å²) in [5.74, 6) is -0.204. The van der Waals surface area contributed by atoms with E-state index in [4.69, 9.17) is 0 Å². The average Bonchev–Trinajstić information content (AvgIpc) is 3.02. The summed E-state index contributed by atoms with van der Waals surface area (Å²) in [6, 6.07) is 43.6. The minimum absolute atomic E-state index is 0.123. The highest BCUT2D eigenvalue weighted by Gasteiger charge is 2.29. The normalized spacial score (nSPS) is 14.1. The van der Waals surface area contributed by atoms with E-state index in [0.717, 1.165) is 24.2 Å². The number of hydrogen-bond donors (Lipinski definition) is 0. The van der Waals surface area contributed by atoms with Gasteiger partial charge in [-0.15, -0.1) is 0 Å². The lowest BCUT2D eigenvalue weighted by atomic mass is 9.96. The van der Waals surface area contributed by atoms with Gasteiger partial charge >= 0.3 is 0 Å². The Morgan fingerprint density at radius 3 is 1.55 bits per heavy atom. The summed E-state index contributed by atoms with van der Waals surface area (Å²) in [6.07, 6.45) is 1.74. The molecule has 0 saturated carbocycles. The molecule has 1 heterocycles. The zero-order valence-electron chi connectivity index (χ0n) is 22.6. The van der Waals surface area contributed by atoms with Crippen LogP contribution in [0.15, 0.2) is 133 Å². The summed E-state index contributed by atoms with van der Waals surface area (Å²) in [4.78, 5) is 19.9. The Bertz CT molecular complexity index is 1340. The molecule has 1 aliphatic heterocycles. The van der Waals surface area contributed by atoms with Crippen LogP contribution in [-0.4, -0.2) is 46.8 Å². The Kier molecular flexibility index (Phi) is 9.03. The minimum atomic E-state index is -0.204. The molecule has 1 saturated heterocycles. The maximum Gasteiger partial charge on any atom is 0.266 e. The van der Waals surface area contributed by atoms with Crippen molar-refractivity contribution in [3.8, 4) is 6.07 Å². The van der Waals surface area contributed by atoms with Gasteiger partial charge in [-0.1, -0.05) is 121 Å². The zero-order valence-corrected chi connectivity index (χ0v) is 22.6. The maximum absolute atomic E-state index is 13.6. The van der Waals surface area contributed by atoms with Gasteiger partial charge in [-0.05, 0) is 22.3 Å². The number of carbonyl (C=O) groups excluding carboxylic acids is 1. The molecule has 0 radical (unpaired) electrons. The van der Waals surface area contributed by atoms with Crippen LogP contribution in [0, 0.1) is 11.3 Å². The fourth-order valence-corrected chi connectivity index (χ4v) is 5.34. The quantitative estimate of drug-likeness (QED) is 0.197. The first-order valence-electron chi connectivity index (χ1n) is 13.8. The number of benzene rings is 4. The standard InChI is InChI=1S/C35H34N4O/c36-25-33(28-37(26-29-13-5-1-6-14-29)27-30-15-7-2-8-16-30)35(40)39-23-21-38(22-24-39)34(31-17-9-3-10-18-31)32-19-11-4-12-20-32/h1-20,28,34H,21-24,26-27H2/b33-28-. The van der Waals surface area contributed by atoms with Crippen LogP contribution in [0.4, 0.5) is 0 Å². The van der Waals surface area contributed by atoms with Crippen molar-refractivity contribution in [3.63, 3.8) is 0 Å². The molecule has 5 nitrogen and oxygen atoms in total. The molecule has 0 bridgehead atoms. The molecule has 1 amide bonds. The highest BCUT2D eigenvalue weighted by molar-refractivity contribution is 5.97. The molecule has 5 rings (SSSR count). The van der Waals surface area contributed by atoms with E-state index in [9.17, 15) is 10.1 Å². The maximum atomic E-state index is 13.6. The Balaban J connectivity index is 1.31. The third-order valence-electron chi connectivity index (χ3n) is 7.32. The van der Waals surface area contributed by atoms with Gasteiger partial charge in [0.05, 0.1) is 6.04 Å². The molecule has 4 aromatic rings. The van der Waals surface area contributed by atoms with Crippen molar-refractivity contribution in [3.05, 3.63) is 155 Å². The van der Waals surface area contributed by atoms with E-state index in [1.807, 2.05) is 53.4 Å². The summed E-state index contributed by atoms with van der Waals surface area (Å²) in [5, 5.41) is 10.0. The molecule has 4 aromatic carbocycles. The molecule has 0 unspecified atom stereocenters. The number of rotatable bonds is 9. The number of nitriles is 1.